The quantitative estimate of drug-likeness (QED) is 0.757. The Hall–Kier alpha value is -2.13. The molecule has 0 amide bonds. The maximum absolute atomic E-state index is 9.55. The van der Waals surface area contributed by atoms with E-state index in [0.29, 0.717) is 0 Å². The van der Waals surface area contributed by atoms with Crippen molar-refractivity contribution < 1.29 is 5.11 Å². The first-order chi connectivity index (χ1) is 9.81. The fourth-order valence-corrected chi connectivity index (χ4v) is 2.57. The molecular formula is C17H18N2O. The highest BCUT2D eigenvalue weighted by Crippen LogP contribution is 2.28. The third-order valence-electron chi connectivity index (χ3n) is 3.62. The second-order valence-electron chi connectivity index (χ2n) is 5.03. The van der Waals surface area contributed by atoms with Crippen LogP contribution in [0.5, 0.6) is 0 Å². The SMILES string of the molecule is CCCc1ccc(CO)c(-c2ccc3[nH]cnc3c2)c1. The van der Waals surface area contributed by atoms with Crippen LogP contribution in [0.1, 0.15) is 24.5 Å². The van der Waals surface area contributed by atoms with Crippen molar-refractivity contribution in [2.75, 3.05) is 0 Å². The summed E-state index contributed by atoms with van der Waals surface area (Å²) in [4.78, 5) is 7.40. The fourth-order valence-electron chi connectivity index (χ4n) is 2.57. The van der Waals surface area contributed by atoms with Crippen molar-refractivity contribution in [2.45, 2.75) is 26.4 Å². The number of hydrogen-bond donors (Lipinski definition) is 2. The van der Waals surface area contributed by atoms with E-state index in [-0.39, 0.29) is 6.61 Å². The number of aromatic amines is 1. The van der Waals surface area contributed by atoms with Crippen molar-refractivity contribution in [1.82, 2.24) is 9.97 Å². The number of aryl methyl sites for hydroxylation is 1. The first kappa shape index (κ1) is 12.9. The average Bonchev–Trinajstić information content (AvgIpc) is 2.95. The normalized spacial score (nSPS) is 11.1. The molecule has 0 atom stereocenters. The summed E-state index contributed by atoms with van der Waals surface area (Å²) in [5.74, 6) is 0. The van der Waals surface area contributed by atoms with Gasteiger partial charge < -0.3 is 10.1 Å². The summed E-state index contributed by atoms with van der Waals surface area (Å²) >= 11 is 0. The maximum atomic E-state index is 9.55. The smallest absolute Gasteiger partial charge is 0.0931 e. The summed E-state index contributed by atoms with van der Waals surface area (Å²) in [6, 6.07) is 12.5. The van der Waals surface area contributed by atoms with Crippen molar-refractivity contribution in [3.8, 4) is 11.1 Å². The molecular weight excluding hydrogens is 248 g/mol. The van der Waals surface area contributed by atoms with Gasteiger partial charge in [-0.05, 0) is 40.8 Å². The second kappa shape index (κ2) is 5.47. The maximum Gasteiger partial charge on any atom is 0.0931 e. The monoisotopic (exact) mass is 266 g/mol. The van der Waals surface area contributed by atoms with Crippen molar-refractivity contribution in [3.05, 3.63) is 53.9 Å². The van der Waals surface area contributed by atoms with Crippen LogP contribution in [0, 0.1) is 0 Å². The molecule has 20 heavy (non-hydrogen) atoms. The Kier molecular flexibility index (Phi) is 3.52. The minimum atomic E-state index is 0.0559. The van der Waals surface area contributed by atoms with E-state index in [0.717, 1.165) is 40.6 Å². The first-order valence-electron chi connectivity index (χ1n) is 6.98. The van der Waals surface area contributed by atoms with E-state index in [1.807, 2.05) is 12.1 Å². The van der Waals surface area contributed by atoms with Gasteiger partial charge in [0.2, 0.25) is 0 Å². The molecule has 0 aliphatic carbocycles. The molecule has 0 fully saturated rings. The number of hydrogen-bond acceptors (Lipinski definition) is 2. The van der Waals surface area contributed by atoms with Crippen molar-refractivity contribution in [1.29, 1.82) is 0 Å². The van der Waals surface area contributed by atoms with E-state index >= 15 is 0 Å². The summed E-state index contributed by atoms with van der Waals surface area (Å²) in [6.45, 7) is 2.23. The third kappa shape index (κ3) is 2.32. The van der Waals surface area contributed by atoms with Gasteiger partial charge in [-0.25, -0.2) is 4.98 Å². The molecule has 0 bridgehead atoms. The molecule has 0 aliphatic rings. The summed E-state index contributed by atoms with van der Waals surface area (Å²) in [7, 11) is 0. The van der Waals surface area contributed by atoms with Gasteiger partial charge in [-0.3, -0.25) is 0 Å². The van der Waals surface area contributed by atoms with Crippen molar-refractivity contribution in [2.24, 2.45) is 0 Å². The number of imidazole rings is 1. The van der Waals surface area contributed by atoms with E-state index in [9.17, 15) is 5.11 Å². The molecule has 0 saturated heterocycles. The Morgan fingerprint density at radius 3 is 2.85 bits per heavy atom. The van der Waals surface area contributed by atoms with E-state index in [4.69, 9.17) is 0 Å². The fraction of sp³-hybridized carbons (Fsp3) is 0.235. The topological polar surface area (TPSA) is 48.9 Å². The highest BCUT2D eigenvalue weighted by Gasteiger charge is 2.07. The minimum Gasteiger partial charge on any atom is -0.392 e. The molecule has 3 nitrogen and oxygen atoms in total. The lowest BCUT2D eigenvalue weighted by atomic mass is 9.96. The summed E-state index contributed by atoms with van der Waals surface area (Å²) in [5.41, 5.74) is 6.45. The van der Waals surface area contributed by atoms with Crippen molar-refractivity contribution in [3.63, 3.8) is 0 Å². The third-order valence-corrected chi connectivity index (χ3v) is 3.62. The molecule has 1 aromatic heterocycles. The van der Waals surface area contributed by atoms with Crippen LogP contribution in [-0.4, -0.2) is 15.1 Å². The summed E-state index contributed by atoms with van der Waals surface area (Å²) in [6.07, 6.45) is 3.88. The predicted octanol–water partition coefficient (Wildman–Crippen LogP) is 3.67. The van der Waals surface area contributed by atoms with Gasteiger partial charge in [-0.2, -0.15) is 0 Å². The number of benzene rings is 2. The number of aliphatic hydroxyl groups excluding tert-OH is 1. The number of aromatic nitrogens is 2. The van der Waals surface area contributed by atoms with Gasteiger partial charge in [0.05, 0.1) is 24.0 Å². The number of aliphatic hydroxyl groups is 1. The average molecular weight is 266 g/mol. The number of nitrogens with zero attached hydrogens (tertiary/aromatic N) is 1. The molecule has 2 aromatic carbocycles. The first-order valence-corrected chi connectivity index (χ1v) is 6.98. The van der Waals surface area contributed by atoms with Crippen molar-refractivity contribution >= 4 is 11.0 Å². The van der Waals surface area contributed by atoms with Gasteiger partial charge in [-0.15, -0.1) is 0 Å². The lowest BCUT2D eigenvalue weighted by Gasteiger charge is -2.10. The molecule has 3 rings (SSSR count). The number of fused-ring (bicyclic) bond motifs is 1. The highest BCUT2D eigenvalue weighted by molar-refractivity contribution is 5.82. The van der Waals surface area contributed by atoms with E-state index in [1.54, 1.807) is 6.33 Å². The summed E-state index contributed by atoms with van der Waals surface area (Å²) in [5, 5.41) is 9.55. The lowest BCUT2D eigenvalue weighted by molar-refractivity contribution is 0.282. The van der Waals surface area contributed by atoms with Gasteiger partial charge >= 0.3 is 0 Å². The Morgan fingerprint density at radius 1 is 1.15 bits per heavy atom. The largest absolute Gasteiger partial charge is 0.392 e. The van der Waals surface area contributed by atoms with Gasteiger partial charge in [0.25, 0.3) is 0 Å². The Bertz CT molecular complexity index is 731. The summed E-state index contributed by atoms with van der Waals surface area (Å²) < 4.78 is 0. The molecule has 3 heteroatoms. The predicted molar refractivity (Wildman–Crippen MR) is 81.4 cm³/mol. The van der Waals surface area contributed by atoms with E-state index < -0.39 is 0 Å². The molecule has 102 valence electrons. The molecule has 0 unspecified atom stereocenters. The van der Waals surface area contributed by atoms with Crippen LogP contribution in [0.3, 0.4) is 0 Å². The van der Waals surface area contributed by atoms with Crippen LogP contribution in [0.25, 0.3) is 22.2 Å². The number of H-pyrrole nitrogens is 1. The Balaban J connectivity index is 2.12. The Morgan fingerprint density at radius 2 is 2.05 bits per heavy atom. The zero-order valence-corrected chi connectivity index (χ0v) is 11.6. The molecule has 0 saturated carbocycles. The zero-order chi connectivity index (χ0) is 13.9. The molecule has 3 aromatic rings. The zero-order valence-electron chi connectivity index (χ0n) is 11.6. The number of rotatable bonds is 4. The van der Waals surface area contributed by atoms with Gasteiger partial charge in [-0.1, -0.05) is 37.6 Å². The highest BCUT2D eigenvalue weighted by atomic mass is 16.3. The van der Waals surface area contributed by atoms with Gasteiger partial charge in [0.1, 0.15) is 0 Å². The second-order valence-corrected chi connectivity index (χ2v) is 5.03. The molecule has 2 N–H and O–H groups in total. The molecule has 0 radical (unpaired) electrons. The van der Waals surface area contributed by atoms with E-state index in [2.05, 4.69) is 41.2 Å². The Labute approximate surface area is 118 Å². The number of nitrogens with one attached hydrogen (secondary N) is 1. The van der Waals surface area contributed by atoms with Crippen LogP contribution >= 0.6 is 0 Å². The van der Waals surface area contributed by atoms with Crippen LogP contribution in [0.15, 0.2) is 42.7 Å². The van der Waals surface area contributed by atoms with Crippen LogP contribution < -0.4 is 0 Å². The van der Waals surface area contributed by atoms with Crippen LogP contribution in [0.4, 0.5) is 0 Å². The standard InChI is InChI=1S/C17H18N2O/c1-2-3-12-4-5-14(10-20)15(8-12)13-6-7-16-17(9-13)19-11-18-16/h4-9,11,20H,2-3,10H2,1H3,(H,18,19). The minimum absolute atomic E-state index is 0.0559. The lowest BCUT2D eigenvalue weighted by Crippen LogP contribution is -1.93. The van der Waals surface area contributed by atoms with Crippen LogP contribution in [-0.2, 0) is 13.0 Å². The molecule has 1 heterocycles. The molecule has 0 aliphatic heterocycles. The van der Waals surface area contributed by atoms with E-state index in [1.165, 1.54) is 5.56 Å². The van der Waals surface area contributed by atoms with Gasteiger partial charge in [0, 0.05) is 0 Å². The van der Waals surface area contributed by atoms with Gasteiger partial charge in [0.15, 0.2) is 0 Å². The van der Waals surface area contributed by atoms with Crippen LogP contribution in [0.2, 0.25) is 0 Å². The molecule has 0 spiro atoms.